The SMILES string of the molecule is CNN(C)Cc1cc2ccccc2n1CCC(=O)NCC(=O)NCCC(C)(C)OCPCC(=O)N(C)[C@@H](C)C(=O)O. The second-order valence-electron chi connectivity index (χ2n) is 10.5. The number of hydrazine groups is 1. The van der Waals surface area contributed by atoms with Crippen molar-refractivity contribution >= 4 is 43.2 Å². The van der Waals surface area contributed by atoms with Crippen molar-refractivity contribution in [2.75, 3.05) is 46.7 Å². The Bertz CT molecular complexity index is 1190. The molecule has 1 aromatic carbocycles. The van der Waals surface area contributed by atoms with Gasteiger partial charge in [0, 0.05) is 51.0 Å². The zero-order valence-corrected chi connectivity index (χ0v) is 26.0. The van der Waals surface area contributed by atoms with Crippen LogP contribution >= 0.6 is 8.58 Å². The topological polar surface area (TPSA) is 145 Å². The minimum Gasteiger partial charge on any atom is -0.480 e. The lowest BCUT2D eigenvalue weighted by Crippen LogP contribution is -2.41. The maximum Gasteiger partial charge on any atom is 0.326 e. The zero-order valence-electron chi connectivity index (χ0n) is 25.0. The van der Waals surface area contributed by atoms with Crippen LogP contribution in [0.5, 0.6) is 0 Å². The summed E-state index contributed by atoms with van der Waals surface area (Å²) in [5, 5.41) is 17.6. The molecule has 2 atom stereocenters. The lowest BCUT2D eigenvalue weighted by Gasteiger charge is -2.26. The summed E-state index contributed by atoms with van der Waals surface area (Å²) < 4.78 is 8.02. The number of aromatic nitrogens is 1. The number of aliphatic carboxylic acids is 1. The Morgan fingerprint density at radius 3 is 2.51 bits per heavy atom. The minimum atomic E-state index is -1.04. The predicted octanol–water partition coefficient (Wildman–Crippen LogP) is 1.58. The third-order valence-corrected chi connectivity index (χ3v) is 7.81. The second kappa shape index (κ2) is 16.4. The molecule has 4 N–H and O–H groups in total. The minimum absolute atomic E-state index is 0.103. The van der Waals surface area contributed by atoms with Gasteiger partial charge in [-0.2, -0.15) is 0 Å². The summed E-state index contributed by atoms with van der Waals surface area (Å²) in [4.78, 5) is 49.2. The van der Waals surface area contributed by atoms with Crippen LogP contribution in [0.3, 0.4) is 0 Å². The molecular formula is C28H45N6O6P. The highest BCUT2D eigenvalue weighted by Gasteiger charge is 2.22. The first-order chi connectivity index (χ1) is 19.3. The van der Waals surface area contributed by atoms with E-state index in [-0.39, 0.29) is 45.4 Å². The fourth-order valence-electron chi connectivity index (χ4n) is 4.01. The van der Waals surface area contributed by atoms with Gasteiger partial charge < -0.3 is 29.9 Å². The van der Waals surface area contributed by atoms with Gasteiger partial charge in [-0.15, -0.1) is 0 Å². The van der Waals surface area contributed by atoms with Crippen molar-refractivity contribution in [1.29, 1.82) is 0 Å². The van der Waals surface area contributed by atoms with E-state index in [1.54, 1.807) is 0 Å². The average molecular weight is 593 g/mol. The Kier molecular flexibility index (Phi) is 13.7. The molecule has 1 heterocycles. The molecule has 12 nitrogen and oxygen atoms in total. The number of rotatable bonds is 18. The van der Waals surface area contributed by atoms with Gasteiger partial charge in [0.25, 0.3) is 0 Å². The van der Waals surface area contributed by atoms with Crippen LogP contribution in [0.2, 0.25) is 0 Å². The monoisotopic (exact) mass is 592 g/mol. The normalized spacial score (nSPS) is 12.7. The zero-order chi connectivity index (χ0) is 30.6. The summed E-state index contributed by atoms with van der Waals surface area (Å²) in [6.45, 7) is 6.72. The van der Waals surface area contributed by atoms with Crippen molar-refractivity contribution in [1.82, 2.24) is 30.5 Å². The van der Waals surface area contributed by atoms with Crippen LogP contribution in [0.4, 0.5) is 0 Å². The number of aryl methyl sites for hydroxylation is 1. The molecule has 0 fully saturated rings. The first kappa shape index (κ1) is 34.2. The molecule has 3 amide bonds. The van der Waals surface area contributed by atoms with Crippen molar-refractivity contribution in [3.05, 3.63) is 36.0 Å². The van der Waals surface area contributed by atoms with E-state index in [2.05, 4.69) is 32.8 Å². The van der Waals surface area contributed by atoms with Gasteiger partial charge in [0.1, 0.15) is 6.04 Å². The van der Waals surface area contributed by atoms with E-state index in [1.165, 1.54) is 18.9 Å². The quantitative estimate of drug-likeness (QED) is 0.116. The Morgan fingerprint density at radius 2 is 1.83 bits per heavy atom. The molecule has 228 valence electrons. The molecule has 41 heavy (non-hydrogen) atoms. The van der Waals surface area contributed by atoms with Gasteiger partial charge in [-0.1, -0.05) is 26.8 Å². The fourth-order valence-corrected chi connectivity index (χ4v) is 5.07. The molecule has 1 unspecified atom stereocenters. The van der Waals surface area contributed by atoms with E-state index in [0.717, 1.165) is 16.6 Å². The number of nitrogens with one attached hydrogen (secondary N) is 3. The van der Waals surface area contributed by atoms with Crippen molar-refractivity contribution in [2.45, 2.75) is 58.3 Å². The van der Waals surface area contributed by atoms with Gasteiger partial charge in [0.05, 0.1) is 25.0 Å². The van der Waals surface area contributed by atoms with Crippen molar-refractivity contribution < 1.29 is 29.0 Å². The van der Waals surface area contributed by atoms with E-state index >= 15 is 0 Å². The summed E-state index contributed by atoms with van der Waals surface area (Å²) in [6.07, 6.45) is 1.38. The number of benzene rings is 1. The van der Waals surface area contributed by atoms with Crippen LogP contribution in [0.1, 0.15) is 39.3 Å². The van der Waals surface area contributed by atoms with E-state index in [9.17, 15) is 19.2 Å². The second-order valence-corrected chi connectivity index (χ2v) is 11.7. The standard InChI is InChI=1S/C28H45N6O6P/c1-20(27(38)39)33(6)26(37)18-41-19-40-28(2,3)12-13-30-25(36)16-31-24(35)11-14-34-22(17-32(5)29-4)15-21-9-7-8-10-23(21)34/h7-10,15,20,29,41H,11-14,16-19H2,1-6H3,(H,30,36)(H,31,35)(H,38,39)/t20-/m0/s1. The summed E-state index contributed by atoms with van der Waals surface area (Å²) in [5.74, 6) is -1.76. The molecule has 0 aliphatic carbocycles. The molecule has 13 heteroatoms. The van der Waals surface area contributed by atoms with Crippen molar-refractivity contribution in [2.24, 2.45) is 0 Å². The molecule has 0 bridgehead atoms. The van der Waals surface area contributed by atoms with E-state index in [0.29, 0.717) is 32.4 Å². The van der Waals surface area contributed by atoms with E-state index in [4.69, 9.17) is 9.84 Å². The smallest absolute Gasteiger partial charge is 0.326 e. The van der Waals surface area contributed by atoms with Crippen LogP contribution in [0.15, 0.2) is 30.3 Å². The summed E-state index contributed by atoms with van der Waals surface area (Å²) in [5.41, 5.74) is 4.72. The number of carboxylic acid groups (broad SMARTS) is 1. The molecule has 0 spiro atoms. The van der Waals surface area contributed by atoms with Crippen molar-refractivity contribution in [3.63, 3.8) is 0 Å². The molecule has 0 saturated carbocycles. The number of likely N-dealkylation sites (N-methyl/N-ethyl adjacent to an activating group) is 1. The Hall–Kier alpha value is -3.05. The number of carbonyl (C=O) groups excluding carboxylic acids is 3. The highest BCUT2D eigenvalue weighted by atomic mass is 31.1. The molecule has 0 saturated heterocycles. The highest BCUT2D eigenvalue weighted by molar-refractivity contribution is 7.39. The van der Waals surface area contributed by atoms with Crippen LogP contribution in [-0.4, -0.2) is 102 Å². The Morgan fingerprint density at radius 1 is 1.12 bits per heavy atom. The molecule has 1 aromatic heterocycles. The number of hydrogen-bond acceptors (Lipinski definition) is 7. The number of amides is 3. The van der Waals surface area contributed by atoms with Crippen LogP contribution in [-0.2, 0) is 37.0 Å². The third-order valence-electron chi connectivity index (χ3n) is 6.91. The molecular weight excluding hydrogens is 547 g/mol. The number of carbonyl (C=O) groups is 4. The van der Waals surface area contributed by atoms with Gasteiger partial charge in [-0.05, 0) is 51.8 Å². The first-order valence-corrected chi connectivity index (χ1v) is 15.1. The first-order valence-electron chi connectivity index (χ1n) is 13.7. The largest absolute Gasteiger partial charge is 0.480 e. The van der Waals surface area contributed by atoms with E-state index in [1.807, 2.05) is 51.2 Å². The summed E-state index contributed by atoms with van der Waals surface area (Å²) in [7, 11) is 5.49. The number of hydrogen-bond donors (Lipinski definition) is 4. The fraction of sp³-hybridized carbons (Fsp3) is 0.571. The van der Waals surface area contributed by atoms with Crippen molar-refractivity contribution in [3.8, 4) is 0 Å². The third kappa shape index (κ3) is 11.4. The summed E-state index contributed by atoms with van der Waals surface area (Å²) in [6, 6.07) is 9.31. The Balaban J connectivity index is 1.69. The van der Waals surface area contributed by atoms with E-state index < -0.39 is 17.6 Å². The molecule has 0 radical (unpaired) electrons. The molecule has 2 rings (SSSR count). The van der Waals surface area contributed by atoms with Gasteiger partial charge in [-0.25, -0.2) is 9.80 Å². The van der Waals surface area contributed by atoms with Crippen LogP contribution in [0.25, 0.3) is 10.9 Å². The molecule has 2 aromatic rings. The van der Waals surface area contributed by atoms with Gasteiger partial charge in [0.15, 0.2) is 0 Å². The van der Waals surface area contributed by atoms with Gasteiger partial charge >= 0.3 is 5.97 Å². The van der Waals surface area contributed by atoms with Gasteiger partial charge in [0.2, 0.25) is 17.7 Å². The average Bonchev–Trinajstić information content (AvgIpc) is 3.28. The molecule has 0 aliphatic rings. The number of nitrogens with zero attached hydrogens (tertiary/aromatic N) is 3. The Labute approximate surface area is 243 Å². The lowest BCUT2D eigenvalue weighted by molar-refractivity contribution is -0.147. The number of para-hydroxylation sites is 1. The predicted molar refractivity (Wildman–Crippen MR) is 161 cm³/mol. The maximum atomic E-state index is 12.5. The molecule has 0 aliphatic heterocycles. The summed E-state index contributed by atoms with van der Waals surface area (Å²) >= 11 is 0. The van der Waals surface area contributed by atoms with Crippen LogP contribution < -0.4 is 16.1 Å². The number of fused-ring (bicyclic) bond motifs is 1. The van der Waals surface area contributed by atoms with Gasteiger partial charge in [-0.3, -0.25) is 19.8 Å². The van der Waals surface area contributed by atoms with Crippen LogP contribution in [0, 0.1) is 0 Å². The maximum absolute atomic E-state index is 12.5. The lowest BCUT2D eigenvalue weighted by atomic mass is 10.1. The number of carboxylic acids is 1. The highest BCUT2D eigenvalue weighted by Crippen LogP contribution is 2.22. The number of ether oxygens (including phenoxy) is 1.